The Morgan fingerprint density at radius 3 is 2.19 bits per heavy atom. The quantitative estimate of drug-likeness (QED) is 0.669. The third kappa shape index (κ3) is 4.27. The number of aryl methyl sites for hydroxylation is 1. The number of rotatable bonds is 6. The van der Waals surface area contributed by atoms with Crippen molar-refractivity contribution in [2.24, 2.45) is 0 Å². The molecule has 0 aromatic carbocycles. The number of nitrogens with one attached hydrogen (secondary N) is 3. The Bertz CT molecular complexity index is 701. The van der Waals surface area contributed by atoms with Gasteiger partial charge in [-0.1, -0.05) is 0 Å². The zero-order valence-electron chi connectivity index (χ0n) is 17.3. The molecule has 1 aliphatic heterocycles. The van der Waals surface area contributed by atoms with E-state index >= 15 is 0 Å². The average Bonchev–Trinajstić information content (AvgIpc) is 2.91. The third-order valence-electron chi connectivity index (χ3n) is 6.32. The highest BCUT2D eigenvalue weighted by atomic mass is 16.2. The van der Waals surface area contributed by atoms with Crippen LogP contribution in [0.5, 0.6) is 0 Å². The van der Waals surface area contributed by atoms with Crippen molar-refractivity contribution in [2.75, 3.05) is 13.1 Å². The molecule has 1 saturated heterocycles. The van der Waals surface area contributed by atoms with E-state index in [1.807, 2.05) is 13.8 Å². The van der Waals surface area contributed by atoms with Crippen LogP contribution in [0.1, 0.15) is 78.6 Å². The molecule has 6 nitrogen and oxygen atoms in total. The number of aromatic amines is 1. The molecular formula is C21H34N4O2. The molecule has 6 heteroatoms. The number of hydrogen-bond donors (Lipinski definition) is 3. The minimum absolute atomic E-state index is 0.0365. The van der Waals surface area contributed by atoms with Gasteiger partial charge in [0.25, 0.3) is 5.91 Å². The predicted octanol–water partition coefficient (Wildman–Crippen LogP) is 2.56. The molecule has 2 aliphatic rings. The lowest BCUT2D eigenvalue weighted by Crippen LogP contribution is -2.60. The number of carbonyl (C=O) groups excluding carboxylic acids is 2. The highest BCUT2D eigenvalue weighted by molar-refractivity contribution is 6.02. The summed E-state index contributed by atoms with van der Waals surface area (Å²) in [6.07, 6.45) is 4.47. The third-order valence-corrected chi connectivity index (χ3v) is 6.32. The molecule has 2 heterocycles. The van der Waals surface area contributed by atoms with Crippen LogP contribution >= 0.6 is 0 Å². The van der Waals surface area contributed by atoms with Crippen LogP contribution in [0.3, 0.4) is 0 Å². The zero-order chi connectivity index (χ0) is 19.7. The van der Waals surface area contributed by atoms with Crippen molar-refractivity contribution in [3.8, 4) is 0 Å². The van der Waals surface area contributed by atoms with Gasteiger partial charge in [0.05, 0.1) is 11.3 Å². The minimum atomic E-state index is -0.0696. The van der Waals surface area contributed by atoms with Gasteiger partial charge >= 0.3 is 0 Å². The van der Waals surface area contributed by atoms with E-state index in [1.165, 1.54) is 19.8 Å². The Hall–Kier alpha value is -1.66. The standard InChI is InChI=1S/C21H34N4O2/c1-12(2)25-10-8-16(9-11-25)23-17-6-7-18(17)24-21(27)19-13(3)20(15(5)26)22-14(19)4/h12,16-18,22-23H,6-11H2,1-5H3,(H,24,27)/t17-,18+/m1/s1. The lowest BCUT2D eigenvalue weighted by molar-refractivity contribution is 0.0872. The Balaban J connectivity index is 1.55. The SMILES string of the molecule is CC(=O)c1[nH]c(C)c(C(=O)N[C@H]2CC[C@H]2NC2CCN(C(C)C)CC2)c1C. The maximum Gasteiger partial charge on any atom is 0.253 e. The molecule has 1 aromatic rings. The predicted molar refractivity (Wildman–Crippen MR) is 107 cm³/mol. The number of hydrogen-bond acceptors (Lipinski definition) is 4. The van der Waals surface area contributed by atoms with Crippen LogP contribution in [0.4, 0.5) is 0 Å². The number of H-pyrrole nitrogens is 1. The molecule has 150 valence electrons. The van der Waals surface area contributed by atoms with Gasteiger partial charge in [-0.25, -0.2) is 0 Å². The number of carbonyl (C=O) groups is 2. The van der Waals surface area contributed by atoms with Crippen LogP contribution in [-0.2, 0) is 0 Å². The number of ketones is 1. The number of nitrogens with zero attached hydrogens (tertiary/aromatic N) is 1. The zero-order valence-corrected chi connectivity index (χ0v) is 17.3. The number of piperidine rings is 1. The van der Waals surface area contributed by atoms with Crippen LogP contribution in [0, 0.1) is 13.8 Å². The van der Waals surface area contributed by atoms with Gasteiger partial charge in [-0.05, 0) is 72.0 Å². The Kier molecular flexibility index (Phi) is 6.06. The van der Waals surface area contributed by atoms with Crippen LogP contribution in [0.25, 0.3) is 0 Å². The molecule has 0 spiro atoms. The first kappa shape index (κ1) is 20.1. The summed E-state index contributed by atoms with van der Waals surface area (Å²) in [5, 5.41) is 6.96. The number of Topliss-reactive ketones (excluding diaryl/α,β-unsaturated/α-hetero) is 1. The van der Waals surface area contributed by atoms with Gasteiger partial charge in [-0.3, -0.25) is 9.59 Å². The molecular weight excluding hydrogens is 340 g/mol. The summed E-state index contributed by atoms with van der Waals surface area (Å²) in [6, 6.07) is 1.70. The lowest BCUT2D eigenvalue weighted by atomic mass is 9.84. The van der Waals surface area contributed by atoms with Crippen LogP contribution in [-0.4, -0.2) is 58.8 Å². The fraction of sp³-hybridized carbons (Fsp3) is 0.714. The molecule has 3 rings (SSSR count). The van der Waals surface area contributed by atoms with Gasteiger partial charge < -0.3 is 20.5 Å². The van der Waals surface area contributed by atoms with Crippen molar-refractivity contribution in [3.63, 3.8) is 0 Å². The molecule has 27 heavy (non-hydrogen) atoms. The summed E-state index contributed by atoms with van der Waals surface area (Å²) in [6.45, 7) is 12.0. The molecule has 1 aromatic heterocycles. The van der Waals surface area contributed by atoms with E-state index < -0.39 is 0 Å². The van der Waals surface area contributed by atoms with Gasteiger partial charge in [0.1, 0.15) is 0 Å². The molecule has 0 unspecified atom stereocenters. The lowest BCUT2D eigenvalue weighted by Gasteiger charge is -2.43. The number of amides is 1. The normalized spacial score (nSPS) is 24.1. The molecule has 2 atom stereocenters. The summed E-state index contributed by atoms with van der Waals surface area (Å²) in [5.41, 5.74) is 2.68. The first-order chi connectivity index (χ1) is 12.8. The second kappa shape index (κ2) is 8.15. The Morgan fingerprint density at radius 2 is 1.70 bits per heavy atom. The molecule has 3 N–H and O–H groups in total. The summed E-state index contributed by atoms with van der Waals surface area (Å²) >= 11 is 0. The van der Waals surface area contributed by atoms with Crippen LogP contribution in [0.2, 0.25) is 0 Å². The number of aromatic nitrogens is 1. The van der Waals surface area contributed by atoms with E-state index in [4.69, 9.17) is 0 Å². The van der Waals surface area contributed by atoms with E-state index in [0.29, 0.717) is 29.4 Å². The van der Waals surface area contributed by atoms with Gasteiger partial charge in [0, 0.05) is 36.8 Å². The van der Waals surface area contributed by atoms with E-state index in [-0.39, 0.29) is 17.7 Å². The van der Waals surface area contributed by atoms with Gasteiger partial charge in [0.2, 0.25) is 0 Å². The highest BCUT2D eigenvalue weighted by Gasteiger charge is 2.35. The maximum atomic E-state index is 12.8. The molecule has 1 saturated carbocycles. The van der Waals surface area contributed by atoms with E-state index in [9.17, 15) is 9.59 Å². The second-order valence-corrected chi connectivity index (χ2v) is 8.52. The molecule has 2 fully saturated rings. The van der Waals surface area contributed by atoms with E-state index in [0.717, 1.165) is 37.2 Å². The van der Waals surface area contributed by atoms with Crippen LogP contribution < -0.4 is 10.6 Å². The van der Waals surface area contributed by atoms with Crippen molar-refractivity contribution in [2.45, 2.75) is 84.5 Å². The fourth-order valence-electron chi connectivity index (χ4n) is 4.44. The molecule has 0 bridgehead atoms. The van der Waals surface area contributed by atoms with Crippen molar-refractivity contribution in [1.29, 1.82) is 0 Å². The monoisotopic (exact) mass is 374 g/mol. The van der Waals surface area contributed by atoms with Crippen molar-refractivity contribution in [1.82, 2.24) is 20.5 Å². The van der Waals surface area contributed by atoms with Crippen LogP contribution in [0.15, 0.2) is 0 Å². The van der Waals surface area contributed by atoms with Crippen molar-refractivity contribution >= 4 is 11.7 Å². The Morgan fingerprint density at radius 1 is 1.07 bits per heavy atom. The smallest absolute Gasteiger partial charge is 0.253 e. The fourth-order valence-corrected chi connectivity index (χ4v) is 4.44. The minimum Gasteiger partial charge on any atom is -0.355 e. The second-order valence-electron chi connectivity index (χ2n) is 8.52. The first-order valence-electron chi connectivity index (χ1n) is 10.3. The number of likely N-dealkylation sites (tertiary alicyclic amines) is 1. The highest BCUT2D eigenvalue weighted by Crippen LogP contribution is 2.25. The van der Waals surface area contributed by atoms with Gasteiger partial charge in [-0.2, -0.15) is 0 Å². The summed E-state index contributed by atoms with van der Waals surface area (Å²) < 4.78 is 0. The van der Waals surface area contributed by atoms with Crippen molar-refractivity contribution in [3.05, 3.63) is 22.5 Å². The molecule has 0 radical (unpaired) electrons. The van der Waals surface area contributed by atoms with E-state index in [2.05, 4.69) is 34.4 Å². The molecule has 1 aliphatic carbocycles. The largest absolute Gasteiger partial charge is 0.355 e. The topological polar surface area (TPSA) is 77.2 Å². The van der Waals surface area contributed by atoms with Gasteiger partial charge in [0.15, 0.2) is 5.78 Å². The average molecular weight is 375 g/mol. The summed E-state index contributed by atoms with van der Waals surface area (Å²) in [4.78, 5) is 30.1. The summed E-state index contributed by atoms with van der Waals surface area (Å²) in [5.74, 6) is -0.106. The maximum absolute atomic E-state index is 12.8. The molecule has 1 amide bonds. The Labute approximate surface area is 162 Å². The van der Waals surface area contributed by atoms with E-state index in [1.54, 1.807) is 0 Å². The summed E-state index contributed by atoms with van der Waals surface area (Å²) in [7, 11) is 0. The van der Waals surface area contributed by atoms with Crippen molar-refractivity contribution < 1.29 is 9.59 Å². The first-order valence-corrected chi connectivity index (χ1v) is 10.3. The van der Waals surface area contributed by atoms with Gasteiger partial charge in [-0.15, -0.1) is 0 Å².